The van der Waals surface area contributed by atoms with Crippen molar-refractivity contribution in [3.05, 3.63) is 0 Å². The zero-order chi connectivity index (χ0) is 21.7. The molecule has 1 aliphatic heterocycles. The highest BCUT2D eigenvalue weighted by Crippen LogP contribution is 2.76. The van der Waals surface area contributed by atoms with E-state index in [2.05, 4.69) is 41.5 Å². The summed E-state index contributed by atoms with van der Waals surface area (Å²) in [6.45, 7) is 14.7. The molecule has 0 aromatic heterocycles. The molecule has 5 aliphatic rings. The number of hydrogen-bond donors (Lipinski definition) is 1. The fourth-order valence-corrected chi connectivity index (χ4v) is 10.4. The third-order valence-electron chi connectivity index (χ3n) is 12.3. The Balaban J connectivity index is 1.49. The zero-order valence-corrected chi connectivity index (χ0v) is 20.2. The van der Waals surface area contributed by atoms with Crippen LogP contribution in [-0.2, 0) is 9.53 Å². The minimum absolute atomic E-state index is 0.0158. The maximum Gasteiger partial charge on any atom is 0.306 e. The van der Waals surface area contributed by atoms with E-state index in [1.807, 2.05) is 0 Å². The maximum absolute atomic E-state index is 12.0. The minimum Gasteiger partial charge on any atom is -0.459 e. The molecular formula is C27H44O3. The molecule has 30 heavy (non-hydrogen) atoms. The second-order valence-electron chi connectivity index (χ2n) is 13.5. The number of aliphatic hydroxyl groups is 1. The molecule has 0 spiro atoms. The molecule has 170 valence electrons. The molecule has 1 heterocycles. The fraction of sp³-hybridized carbons (Fsp3) is 0.963. The van der Waals surface area contributed by atoms with Gasteiger partial charge >= 0.3 is 5.97 Å². The summed E-state index contributed by atoms with van der Waals surface area (Å²) in [4.78, 5) is 12.0. The molecule has 3 nitrogen and oxygen atoms in total. The number of aliphatic hydroxyl groups excluding tert-OH is 1. The number of carbonyl (C=O) groups excluding carboxylic acids is 1. The van der Waals surface area contributed by atoms with Crippen molar-refractivity contribution in [2.75, 3.05) is 0 Å². The smallest absolute Gasteiger partial charge is 0.306 e. The molecule has 1 N–H and O–H groups in total. The van der Waals surface area contributed by atoms with Gasteiger partial charge in [-0.2, -0.15) is 0 Å². The Bertz CT molecular complexity index is 744. The second-order valence-corrected chi connectivity index (χ2v) is 13.5. The van der Waals surface area contributed by atoms with E-state index < -0.39 is 0 Å². The van der Waals surface area contributed by atoms with Gasteiger partial charge in [0.2, 0.25) is 0 Å². The standard InChI is InChI=1S/C27H44O3/c1-23(2)19-10-15-26(5)20(24(19,3)13-11-21(23)28)8-7-17-18(9-14-25(17,26)4)27(6)16-12-22(29)30-27/h17-21,28H,7-16H2,1-6H3/t17-,18-,19-,20+,21-,24-,25+,26+,27-/m0/s1. The van der Waals surface area contributed by atoms with Gasteiger partial charge in [0.1, 0.15) is 5.60 Å². The highest BCUT2D eigenvalue weighted by atomic mass is 16.6. The Labute approximate surface area is 183 Å². The summed E-state index contributed by atoms with van der Waals surface area (Å²) in [7, 11) is 0. The monoisotopic (exact) mass is 416 g/mol. The Morgan fingerprint density at radius 2 is 1.47 bits per heavy atom. The number of fused-ring (bicyclic) bond motifs is 5. The van der Waals surface area contributed by atoms with Crippen molar-refractivity contribution in [2.24, 2.45) is 45.3 Å². The average molecular weight is 417 g/mol. The van der Waals surface area contributed by atoms with Gasteiger partial charge in [-0.1, -0.05) is 34.6 Å². The first kappa shape index (κ1) is 21.3. The third-order valence-corrected chi connectivity index (χ3v) is 12.3. The van der Waals surface area contributed by atoms with E-state index in [0.29, 0.717) is 40.4 Å². The first-order valence-electron chi connectivity index (χ1n) is 12.8. The van der Waals surface area contributed by atoms with Gasteiger partial charge in [-0.3, -0.25) is 4.79 Å². The quantitative estimate of drug-likeness (QED) is 0.523. The van der Waals surface area contributed by atoms with Crippen LogP contribution in [0.4, 0.5) is 0 Å². The molecule has 4 saturated carbocycles. The summed E-state index contributed by atoms with van der Waals surface area (Å²) in [6.07, 6.45) is 11.2. The third kappa shape index (κ3) is 2.45. The molecule has 3 heteroatoms. The molecule has 0 radical (unpaired) electrons. The van der Waals surface area contributed by atoms with E-state index in [9.17, 15) is 9.90 Å². The van der Waals surface area contributed by atoms with E-state index >= 15 is 0 Å². The number of ether oxygens (including phenoxy) is 1. The molecular weight excluding hydrogens is 372 g/mol. The van der Waals surface area contributed by atoms with E-state index in [-0.39, 0.29) is 23.1 Å². The lowest BCUT2D eigenvalue weighted by molar-refractivity contribution is -0.225. The number of cyclic esters (lactones) is 1. The van der Waals surface area contributed by atoms with Crippen LogP contribution in [0.5, 0.6) is 0 Å². The van der Waals surface area contributed by atoms with E-state index in [1.54, 1.807) is 0 Å². The van der Waals surface area contributed by atoms with E-state index in [4.69, 9.17) is 4.74 Å². The maximum atomic E-state index is 12.0. The van der Waals surface area contributed by atoms with Gasteiger partial charge in [0.15, 0.2) is 0 Å². The summed E-state index contributed by atoms with van der Waals surface area (Å²) in [5.74, 6) is 2.59. The average Bonchev–Trinajstić information content (AvgIpc) is 3.20. The van der Waals surface area contributed by atoms with E-state index in [0.717, 1.165) is 18.8 Å². The number of esters is 1. The topological polar surface area (TPSA) is 46.5 Å². The minimum atomic E-state index is -0.235. The molecule has 0 bridgehead atoms. The van der Waals surface area contributed by atoms with Gasteiger partial charge < -0.3 is 9.84 Å². The molecule has 5 fully saturated rings. The highest BCUT2D eigenvalue weighted by Gasteiger charge is 2.69. The lowest BCUT2D eigenvalue weighted by Crippen LogP contribution is -2.64. The first-order chi connectivity index (χ1) is 13.9. The molecule has 9 atom stereocenters. The molecule has 0 aromatic carbocycles. The van der Waals surface area contributed by atoms with Crippen LogP contribution in [0, 0.1) is 45.3 Å². The summed E-state index contributed by atoms with van der Waals surface area (Å²) in [5.41, 5.74) is 0.822. The van der Waals surface area contributed by atoms with Gasteiger partial charge in [-0.05, 0) is 104 Å². The Hall–Kier alpha value is -0.570. The highest BCUT2D eigenvalue weighted by molar-refractivity contribution is 5.72. The lowest BCUT2D eigenvalue weighted by atomic mass is 9.35. The number of rotatable bonds is 1. The molecule has 0 amide bonds. The lowest BCUT2D eigenvalue weighted by Gasteiger charge is -2.70. The summed E-state index contributed by atoms with van der Waals surface area (Å²) >= 11 is 0. The van der Waals surface area contributed by atoms with Gasteiger partial charge in [0.05, 0.1) is 6.10 Å². The SMILES string of the molecule is CC1(C)[C@@H](O)CC[C@]2(C)[C@H]3CC[C@H]4[C@@H]([C@]5(C)CCC(=O)O5)CC[C@@]4(C)[C@]3(C)CC[C@@H]12. The Morgan fingerprint density at radius 3 is 2.13 bits per heavy atom. The normalized spacial score (nSPS) is 57.3. The van der Waals surface area contributed by atoms with Crippen molar-refractivity contribution < 1.29 is 14.6 Å². The number of hydrogen-bond acceptors (Lipinski definition) is 3. The molecule has 4 aliphatic carbocycles. The van der Waals surface area contributed by atoms with Crippen LogP contribution in [0.2, 0.25) is 0 Å². The van der Waals surface area contributed by atoms with Crippen LogP contribution >= 0.6 is 0 Å². The summed E-state index contributed by atoms with van der Waals surface area (Å²) in [5, 5.41) is 10.8. The van der Waals surface area contributed by atoms with Crippen LogP contribution in [0.3, 0.4) is 0 Å². The zero-order valence-electron chi connectivity index (χ0n) is 20.2. The van der Waals surface area contributed by atoms with Crippen molar-refractivity contribution >= 4 is 5.97 Å². The van der Waals surface area contributed by atoms with E-state index in [1.165, 1.54) is 44.9 Å². The van der Waals surface area contributed by atoms with Crippen molar-refractivity contribution in [3.63, 3.8) is 0 Å². The molecule has 0 unspecified atom stereocenters. The van der Waals surface area contributed by atoms with Crippen LogP contribution < -0.4 is 0 Å². The van der Waals surface area contributed by atoms with Crippen LogP contribution in [-0.4, -0.2) is 22.8 Å². The predicted molar refractivity (Wildman–Crippen MR) is 119 cm³/mol. The van der Waals surface area contributed by atoms with Crippen LogP contribution in [0.15, 0.2) is 0 Å². The van der Waals surface area contributed by atoms with Crippen molar-refractivity contribution in [2.45, 2.75) is 117 Å². The van der Waals surface area contributed by atoms with Gasteiger partial charge in [-0.25, -0.2) is 0 Å². The van der Waals surface area contributed by atoms with Gasteiger partial charge in [-0.15, -0.1) is 0 Å². The Kier molecular flexibility index (Phi) is 4.45. The van der Waals surface area contributed by atoms with Crippen LogP contribution in [0.25, 0.3) is 0 Å². The van der Waals surface area contributed by atoms with Crippen molar-refractivity contribution in [3.8, 4) is 0 Å². The molecule has 1 saturated heterocycles. The van der Waals surface area contributed by atoms with Crippen LogP contribution in [0.1, 0.15) is 106 Å². The summed E-state index contributed by atoms with van der Waals surface area (Å²) in [6, 6.07) is 0. The second kappa shape index (κ2) is 6.27. The first-order valence-corrected chi connectivity index (χ1v) is 12.8. The number of carbonyl (C=O) groups is 1. The summed E-state index contributed by atoms with van der Waals surface area (Å²) < 4.78 is 5.97. The van der Waals surface area contributed by atoms with Crippen molar-refractivity contribution in [1.29, 1.82) is 0 Å². The van der Waals surface area contributed by atoms with Crippen molar-refractivity contribution in [1.82, 2.24) is 0 Å². The molecule has 0 aromatic rings. The van der Waals surface area contributed by atoms with Gasteiger partial charge in [0.25, 0.3) is 0 Å². The molecule has 5 rings (SSSR count). The Morgan fingerprint density at radius 1 is 0.767 bits per heavy atom. The van der Waals surface area contributed by atoms with Gasteiger partial charge in [0, 0.05) is 12.3 Å². The largest absolute Gasteiger partial charge is 0.459 e. The fourth-order valence-electron chi connectivity index (χ4n) is 10.4. The predicted octanol–water partition coefficient (Wildman–Crippen LogP) is 6.13.